The summed E-state index contributed by atoms with van der Waals surface area (Å²) in [7, 11) is 0. The highest BCUT2D eigenvalue weighted by molar-refractivity contribution is 5.85. The molecule has 17 heavy (non-hydrogen) atoms. The Kier molecular flexibility index (Phi) is 2.33. The van der Waals surface area contributed by atoms with Gasteiger partial charge in [-0.25, -0.2) is 0 Å². The van der Waals surface area contributed by atoms with Gasteiger partial charge in [0.1, 0.15) is 0 Å². The van der Waals surface area contributed by atoms with Gasteiger partial charge in [-0.05, 0) is 36.1 Å². The monoisotopic (exact) mass is 220 g/mol. The lowest BCUT2D eigenvalue weighted by Crippen LogP contribution is -1.84. The highest BCUT2D eigenvalue weighted by Crippen LogP contribution is 2.22. The van der Waals surface area contributed by atoms with Gasteiger partial charge in [0.15, 0.2) is 0 Å². The second-order valence-electron chi connectivity index (χ2n) is 4.16. The van der Waals surface area contributed by atoms with Crippen molar-refractivity contribution < 1.29 is 0 Å². The summed E-state index contributed by atoms with van der Waals surface area (Å²) in [6.07, 6.45) is 5.59. The van der Waals surface area contributed by atoms with Crippen molar-refractivity contribution in [1.29, 1.82) is 0 Å². The van der Waals surface area contributed by atoms with Crippen LogP contribution in [0.4, 0.5) is 0 Å². The minimum atomic E-state index is 1.01. The molecule has 0 unspecified atom stereocenters. The van der Waals surface area contributed by atoms with Gasteiger partial charge in [-0.1, -0.05) is 18.2 Å². The predicted octanol–water partition coefficient (Wildman–Crippen LogP) is 3.61. The van der Waals surface area contributed by atoms with E-state index in [-0.39, 0.29) is 0 Å². The predicted molar refractivity (Wildman–Crippen MR) is 69.7 cm³/mol. The highest BCUT2D eigenvalue weighted by atomic mass is 14.7. The number of rotatable bonds is 1. The molecule has 0 atom stereocenters. The summed E-state index contributed by atoms with van der Waals surface area (Å²) in [5.41, 5.74) is 3.33. The molecule has 0 aliphatic heterocycles. The number of hydrogen-bond donors (Lipinski definition) is 0. The van der Waals surface area contributed by atoms with Crippen LogP contribution in [0.15, 0.2) is 55.0 Å². The van der Waals surface area contributed by atoms with E-state index in [2.05, 4.69) is 40.3 Å². The second kappa shape index (κ2) is 3.98. The first-order valence-electron chi connectivity index (χ1n) is 5.60. The van der Waals surface area contributed by atoms with Crippen molar-refractivity contribution >= 4 is 10.8 Å². The molecule has 1 aromatic carbocycles. The number of fused-ring (bicyclic) bond motifs is 1. The van der Waals surface area contributed by atoms with Gasteiger partial charge in [0, 0.05) is 29.5 Å². The molecule has 0 N–H and O–H groups in total. The van der Waals surface area contributed by atoms with E-state index in [1.54, 1.807) is 0 Å². The van der Waals surface area contributed by atoms with Crippen LogP contribution in [0.5, 0.6) is 0 Å². The third-order valence-corrected chi connectivity index (χ3v) is 2.85. The average Bonchev–Trinajstić information content (AvgIpc) is 2.39. The van der Waals surface area contributed by atoms with E-state index in [4.69, 9.17) is 0 Å². The molecule has 0 fully saturated rings. The number of benzene rings is 1. The van der Waals surface area contributed by atoms with Crippen LogP contribution in [0.1, 0.15) is 5.56 Å². The number of nitrogens with zero attached hydrogens (tertiary/aromatic N) is 2. The summed E-state index contributed by atoms with van der Waals surface area (Å²) < 4.78 is 0. The van der Waals surface area contributed by atoms with Gasteiger partial charge in [0.05, 0.1) is 5.69 Å². The van der Waals surface area contributed by atoms with Crippen molar-refractivity contribution in [3.63, 3.8) is 0 Å². The largest absolute Gasteiger partial charge is 0.264 e. The number of aromatic nitrogens is 2. The maximum absolute atomic E-state index is 4.44. The lowest BCUT2D eigenvalue weighted by atomic mass is 10.1. The summed E-state index contributed by atoms with van der Waals surface area (Å²) in [5.74, 6) is 0. The standard InChI is InChI=1S/C15H12N2/c1-11-2-5-15(17-9-11)13-3-4-14-10-16-7-6-12(14)8-13/h2-10H,1H3. The van der Waals surface area contributed by atoms with Crippen molar-refractivity contribution in [1.82, 2.24) is 9.97 Å². The zero-order valence-electron chi connectivity index (χ0n) is 9.59. The van der Waals surface area contributed by atoms with Crippen LogP contribution in [0.3, 0.4) is 0 Å². The molecular formula is C15H12N2. The van der Waals surface area contributed by atoms with Crippen LogP contribution < -0.4 is 0 Å². The summed E-state index contributed by atoms with van der Waals surface area (Å²) in [6, 6.07) is 12.5. The Morgan fingerprint density at radius 2 is 1.82 bits per heavy atom. The summed E-state index contributed by atoms with van der Waals surface area (Å²) in [5, 5.41) is 2.35. The number of hydrogen-bond acceptors (Lipinski definition) is 2. The Bertz CT molecular complexity index is 657. The summed E-state index contributed by atoms with van der Waals surface area (Å²) >= 11 is 0. The molecule has 0 saturated carbocycles. The third kappa shape index (κ3) is 1.89. The zero-order valence-corrected chi connectivity index (χ0v) is 9.59. The van der Waals surface area contributed by atoms with Crippen molar-refractivity contribution in [3.05, 3.63) is 60.6 Å². The first kappa shape index (κ1) is 9.97. The van der Waals surface area contributed by atoms with Gasteiger partial charge in [0.2, 0.25) is 0 Å². The molecule has 2 aromatic heterocycles. The molecule has 3 rings (SSSR count). The molecule has 0 aliphatic rings. The maximum Gasteiger partial charge on any atom is 0.0702 e. The molecule has 0 amide bonds. The quantitative estimate of drug-likeness (QED) is 0.626. The Labute approximate surface area is 100.0 Å². The molecule has 2 heterocycles. The Balaban J connectivity index is 2.14. The third-order valence-electron chi connectivity index (χ3n) is 2.85. The fourth-order valence-corrected chi connectivity index (χ4v) is 1.88. The number of aryl methyl sites for hydroxylation is 1. The van der Waals surface area contributed by atoms with Crippen LogP contribution in [-0.2, 0) is 0 Å². The van der Waals surface area contributed by atoms with E-state index in [1.165, 1.54) is 10.9 Å². The molecule has 0 aliphatic carbocycles. The number of pyridine rings is 2. The summed E-state index contributed by atoms with van der Waals surface area (Å²) in [4.78, 5) is 8.55. The first-order valence-corrected chi connectivity index (χ1v) is 5.60. The van der Waals surface area contributed by atoms with E-state index in [9.17, 15) is 0 Å². The fraction of sp³-hybridized carbons (Fsp3) is 0.0667. The molecular weight excluding hydrogens is 208 g/mol. The normalized spacial score (nSPS) is 10.6. The smallest absolute Gasteiger partial charge is 0.0702 e. The first-order chi connectivity index (χ1) is 8.33. The molecule has 82 valence electrons. The van der Waals surface area contributed by atoms with Crippen molar-refractivity contribution in [2.75, 3.05) is 0 Å². The topological polar surface area (TPSA) is 25.8 Å². The highest BCUT2D eigenvalue weighted by Gasteiger charge is 2.00. The van der Waals surface area contributed by atoms with Gasteiger partial charge in [-0.15, -0.1) is 0 Å². The van der Waals surface area contributed by atoms with E-state index < -0.39 is 0 Å². The molecule has 3 aromatic rings. The van der Waals surface area contributed by atoms with Crippen LogP contribution in [0.2, 0.25) is 0 Å². The molecule has 0 saturated heterocycles. The minimum absolute atomic E-state index is 1.01. The lowest BCUT2D eigenvalue weighted by Gasteiger charge is -2.03. The fourth-order valence-electron chi connectivity index (χ4n) is 1.88. The van der Waals surface area contributed by atoms with Gasteiger partial charge >= 0.3 is 0 Å². The van der Waals surface area contributed by atoms with E-state index in [0.29, 0.717) is 0 Å². The minimum Gasteiger partial charge on any atom is -0.264 e. The molecule has 0 bridgehead atoms. The van der Waals surface area contributed by atoms with Crippen LogP contribution in [0, 0.1) is 6.92 Å². The van der Waals surface area contributed by atoms with Crippen LogP contribution in [-0.4, -0.2) is 9.97 Å². The van der Waals surface area contributed by atoms with Gasteiger partial charge < -0.3 is 0 Å². The Morgan fingerprint density at radius 1 is 0.882 bits per heavy atom. The van der Waals surface area contributed by atoms with Crippen molar-refractivity contribution in [2.24, 2.45) is 0 Å². The van der Waals surface area contributed by atoms with E-state index in [0.717, 1.165) is 16.6 Å². The molecule has 0 spiro atoms. The van der Waals surface area contributed by atoms with Gasteiger partial charge in [0.25, 0.3) is 0 Å². The van der Waals surface area contributed by atoms with E-state index in [1.807, 2.05) is 31.6 Å². The Hall–Kier alpha value is -2.22. The lowest BCUT2D eigenvalue weighted by molar-refractivity contribution is 1.27. The summed E-state index contributed by atoms with van der Waals surface area (Å²) in [6.45, 7) is 2.04. The molecule has 2 heteroatoms. The van der Waals surface area contributed by atoms with E-state index >= 15 is 0 Å². The second-order valence-corrected chi connectivity index (χ2v) is 4.16. The molecule has 0 radical (unpaired) electrons. The molecule has 2 nitrogen and oxygen atoms in total. The van der Waals surface area contributed by atoms with Crippen molar-refractivity contribution in [2.45, 2.75) is 6.92 Å². The SMILES string of the molecule is Cc1ccc(-c2ccc3cnccc3c2)nc1. The van der Waals surface area contributed by atoms with Crippen LogP contribution >= 0.6 is 0 Å². The van der Waals surface area contributed by atoms with Gasteiger partial charge in [-0.3, -0.25) is 9.97 Å². The van der Waals surface area contributed by atoms with Crippen molar-refractivity contribution in [3.8, 4) is 11.3 Å². The maximum atomic E-state index is 4.44. The van der Waals surface area contributed by atoms with Gasteiger partial charge in [-0.2, -0.15) is 0 Å². The van der Waals surface area contributed by atoms with Crippen LogP contribution in [0.25, 0.3) is 22.0 Å². The zero-order chi connectivity index (χ0) is 11.7. The Morgan fingerprint density at radius 3 is 2.65 bits per heavy atom. The average molecular weight is 220 g/mol.